The van der Waals surface area contributed by atoms with Crippen molar-refractivity contribution in [3.63, 3.8) is 0 Å². The predicted octanol–water partition coefficient (Wildman–Crippen LogP) is -5.56. The Morgan fingerprint density at radius 2 is 1.92 bits per heavy atom. The van der Waals surface area contributed by atoms with Crippen molar-refractivity contribution in [2.45, 2.75) is 49.1 Å². The maximum Gasteiger partial charge on any atom is 0.330 e. The summed E-state index contributed by atoms with van der Waals surface area (Å²) in [5.74, 6) is -3.47. The first-order valence-corrected chi connectivity index (χ1v) is 11.0. The molecule has 18 nitrogen and oxygen atoms in total. The fraction of sp³-hybridized carbons (Fsp3) is 0.550. The number of ether oxygens (including phenoxy) is 4. The second kappa shape index (κ2) is 12.3. The molecule has 38 heavy (non-hydrogen) atoms. The van der Waals surface area contributed by atoms with Crippen molar-refractivity contribution in [1.29, 1.82) is 0 Å². The predicted molar refractivity (Wildman–Crippen MR) is 119 cm³/mol. The van der Waals surface area contributed by atoms with E-state index in [4.69, 9.17) is 24.7 Å². The number of H-pyrrole nitrogens is 1. The number of hydrogen-bond donors (Lipinski definition) is 7. The minimum absolute atomic E-state index is 0.534. The molecule has 0 aliphatic carbocycles. The molecule has 8 N–H and O–H groups in total. The van der Waals surface area contributed by atoms with Crippen molar-refractivity contribution in [3.8, 4) is 0 Å². The number of aromatic amines is 1. The number of carbonyl (C=O) groups is 3. The topological polar surface area (TPSA) is 263 Å². The van der Waals surface area contributed by atoms with Gasteiger partial charge >= 0.3 is 5.69 Å². The summed E-state index contributed by atoms with van der Waals surface area (Å²) in [4.78, 5) is 66.2. The molecule has 1 fully saturated rings. The highest BCUT2D eigenvalue weighted by molar-refractivity contribution is 5.94. The van der Waals surface area contributed by atoms with Gasteiger partial charge in [0.1, 0.15) is 30.5 Å². The highest BCUT2D eigenvalue weighted by atomic mass is 16.7. The summed E-state index contributed by atoms with van der Waals surface area (Å²) in [6.45, 7) is -0.534. The number of aliphatic hydroxyl groups excluding tert-OH is 3. The molecule has 0 spiro atoms. The summed E-state index contributed by atoms with van der Waals surface area (Å²) in [6, 6.07) is 1.02. The highest BCUT2D eigenvalue weighted by Crippen LogP contribution is 2.34. The number of aliphatic hydroxyl groups is 3. The summed E-state index contributed by atoms with van der Waals surface area (Å²) in [7, 11) is 2.37. The monoisotopic (exact) mass is 545 g/mol. The summed E-state index contributed by atoms with van der Waals surface area (Å²) in [5.41, 5.74) is 5.81. The Bertz CT molecular complexity index is 1180. The molecule has 210 valence electrons. The zero-order valence-corrected chi connectivity index (χ0v) is 20.0. The Balaban J connectivity index is 1.79. The lowest BCUT2D eigenvalue weighted by atomic mass is 10.0. The Labute approximate surface area is 212 Å². The number of aromatic nitrogens is 2. The first-order valence-electron chi connectivity index (χ1n) is 11.0. The van der Waals surface area contributed by atoms with Gasteiger partial charge in [0.05, 0.1) is 13.7 Å². The van der Waals surface area contributed by atoms with Crippen molar-refractivity contribution in [2.75, 3.05) is 20.8 Å². The lowest BCUT2D eigenvalue weighted by molar-refractivity contribution is -0.240. The van der Waals surface area contributed by atoms with Crippen LogP contribution in [0.15, 0.2) is 33.7 Å². The van der Waals surface area contributed by atoms with Crippen LogP contribution in [0.5, 0.6) is 0 Å². The van der Waals surface area contributed by atoms with E-state index in [1.807, 2.05) is 10.5 Å². The Morgan fingerprint density at radius 3 is 2.53 bits per heavy atom. The molecular formula is C20H27N5O13. The molecular weight excluding hydrogens is 518 g/mol. The van der Waals surface area contributed by atoms with Gasteiger partial charge in [-0.15, -0.1) is 0 Å². The number of rotatable bonds is 10. The second-order valence-electron chi connectivity index (χ2n) is 8.07. The van der Waals surface area contributed by atoms with Gasteiger partial charge in [-0.3, -0.25) is 33.6 Å². The van der Waals surface area contributed by atoms with Crippen LogP contribution in [0.4, 0.5) is 0 Å². The van der Waals surface area contributed by atoms with Gasteiger partial charge in [-0.1, -0.05) is 0 Å². The summed E-state index contributed by atoms with van der Waals surface area (Å²) < 4.78 is 22.5. The van der Waals surface area contributed by atoms with Crippen LogP contribution >= 0.6 is 0 Å². The molecule has 1 aromatic rings. The van der Waals surface area contributed by atoms with Gasteiger partial charge in [-0.2, -0.15) is 0 Å². The number of carbonyl (C=O) groups excluding carboxylic acids is 3. The summed E-state index contributed by atoms with van der Waals surface area (Å²) in [6.07, 6.45) is -11.2. The van der Waals surface area contributed by atoms with Gasteiger partial charge in [-0.25, -0.2) is 10.3 Å². The lowest BCUT2D eigenvalue weighted by Gasteiger charge is -2.34. The number of primary amides is 1. The molecule has 0 saturated carbocycles. The van der Waals surface area contributed by atoms with E-state index < -0.39 is 90.4 Å². The highest BCUT2D eigenvalue weighted by Gasteiger charge is 2.52. The normalized spacial score (nSPS) is 29.6. The summed E-state index contributed by atoms with van der Waals surface area (Å²) >= 11 is 0. The minimum atomic E-state index is -1.88. The van der Waals surface area contributed by atoms with Crippen LogP contribution in [0.1, 0.15) is 6.23 Å². The molecule has 0 radical (unpaired) electrons. The standard InChI is InChI=1S/C20H27N5O13/c1-34-14-12(30)13(37-18(14)25-4-3-9(27)23-20(25)33)15(16(21)31)38-19-11(29)7(26)5-8(36-19)17(32)22-6-10(28)24-35-2/h3-5,7,11-15,18-19,26,29-30H,6H2,1-2H3,(H2,21,31)(H,22,32)(H,24,28)(H,23,27,33)/t7?,11?,12?,13-,14?,15?,18+,19+/m0/s1. The third kappa shape index (κ3) is 6.25. The Hall–Kier alpha value is -3.65. The molecule has 3 rings (SSSR count). The zero-order valence-electron chi connectivity index (χ0n) is 20.0. The number of methoxy groups -OCH3 is 1. The van der Waals surface area contributed by atoms with E-state index in [2.05, 4.69) is 10.2 Å². The van der Waals surface area contributed by atoms with E-state index in [1.165, 1.54) is 14.2 Å². The molecule has 2 aliphatic heterocycles. The van der Waals surface area contributed by atoms with Crippen LogP contribution < -0.4 is 27.8 Å². The number of hydroxylamine groups is 1. The van der Waals surface area contributed by atoms with Crippen molar-refractivity contribution >= 4 is 17.7 Å². The Kier molecular flexibility index (Phi) is 9.33. The molecule has 18 heteroatoms. The Morgan fingerprint density at radius 1 is 1.21 bits per heavy atom. The third-order valence-electron chi connectivity index (χ3n) is 5.55. The minimum Gasteiger partial charge on any atom is -0.456 e. The van der Waals surface area contributed by atoms with Gasteiger partial charge in [0.25, 0.3) is 17.4 Å². The van der Waals surface area contributed by atoms with Crippen LogP contribution in [0, 0.1) is 0 Å². The molecule has 3 amide bonds. The molecule has 8 atom stereocenters. The van der Waals surface area contributed by atoms with E-state index in [-0.39, 0.29) is 0 Å². The van der Waals surface area contributed by atoms with E-state index in [9.17, 15) is 39.3 Å². The third-order valence-corrected chi connectivity index (χ3v) is 5.55. The SMILES string of the molecule is CONC(=O)CNC(=O)C1=CC(O)C(O)[C@@H](OC(C(N)=O)[C@H]2O[C@@H](n3ccc(=O)[nH]c3=O)C(OC)C2O)O1. The van der Waals surface area contributed by atoms with Crippen molar-refractivity contribution in [2.24, 2.45) is 5.73 Å². The maximum atomic E-state index is 12.4. The van der Waals surface area contributed by atoms with Crippen LogP contribution in [0.2, 0.25) is 0 Å². The maximum absolute atomic E-state index is 12.4. The molecule has 3 heterocycles. The zero-order chi connectivity index (χ0) is 28.1. The fourth-order valence-corrected chi connectivity index (χ4v) is 3.77. The number of amides is 3. The van der Waals surface area contributed by atoms with Crippen molar-refractivity contribution in [1.82, 2.24) is 20.3 Å². The van der Waals surface area contributed by atoms with Crippen LogP contribution in [0.3, 0.4) is 0 Å². The van der Waals surface area contributed by atoms with E-state index in [1.54, 1.807) is 0 Å². The van der Waals surface area contributed by atoms with E-state index >= 15 is 0 Å². The second-order valence-corrected chi connectivity index (χ2v) is 8.07. The number of hydrogen-bond acceptors (Lipinski definition) is 13. The molecule has 5 unspecified atom stereocenters. The first-order chi connectivity index (χ1) is 18.0. The quantitative estimate of drug-likeness (QED) is 0.135. The van der Waals surface area contributed by atoms with Gasteiger partial charge in [0.15, 0.2) is 18.1 Å². The molecule has 1 saturated heterocycles. The number of nitrogens with two attached hydrogens (primary N) is 1. The van der Waals surface area contributed by atoms with Crippen LogP contribution in [0.25, 0.3) is 0 Å². The van der Waals surface area contributed by atoms with Crippen LogP contribution in [-0.2, 0) is 38.2 Å². The first kappa shape index (κ1) is 28.9. The van der Waals surface area contributed by atoms with Crippen molar-refractivity contribution < 1.29 is 53.5 Å². The average molecular weight is 545 g/mol. The largest absolute Gasteiger partial charge is 0.456 e. The van der Waals surface area contributed by atoms with Gasteiger partial charge in [0.2, 0.25) is 12.2 Å². The van der Waals surface area contributed by atoms with Gasteiger partial charge < -0.3 is 45.3 Å². The van der Waals surface area contributed by atoms with E-state index in [0.29, 0.717) is 0 Å². The van der Waals surface area contributed by atoms with E-state index in [0.717, 1.165) is 22.9 Å². The molecule has 0 bridgehead atoms. The smallest absolute Gasteiger partial charge is 0.330 e. The molecule has 1 aromatic heterocycles. The van der Waals surface area contributed by atoms with Crippen LogP contribution in [-0.4, -0.2) is 106 Å². The molecule has 0 aromatic carbocycles. The fourth-order valence-electron chi connectivity index (χ4n) is 3.77. The van der Waals surface area contributed by atoms with Crippen molar-refractivity contribution in [3.05, 3.63) is 44.9 Å². The van der Waals surface area contributed by atoms with Gasteiger partial charge in [0, 0.05) is 19.4 Å². The molecule has 2 aliphatic rings. The number of nitrogens with zero attached hydrogens (tertiary/aromatic N) is 1. The summed E-state index contributed by atoms with van der Waals surface area (Å²) in [5, 5.41) is 33.5. The van der Waals surface area contributed by atoms with Gasteiger partial charge in [-0.05, 0) is 6.08 Å². The number of nitrogens with one attached hydrogen (secondary N) is 3. The lowest BCUT2D eigenvalue weighted by Crippen LogP contribution is -2.53. The average Bonchev–Trinajstić information content (AvgIpc) is 3.18.